The minimum absolute atomic E-state index is 0.0596. The molecule has 4 N–H and O–H groups in total. The molecule has 6 heteroatoms. The summed E-state index contributed by atoms with van der Waals surface area (Å²) >= 11 is 0. The predicted molar refractivity (Wildman–Crippen MR) is 45.0 cm³/mol. The molecule has 0 amide bonds. The molecular formula is C6H9BN2O3. The summed E-state index contributed by atoms with van der Waals surface area (Å²) in [5.41, 5.74) is 5.48. The highest BCUT2D eigenvalue weighted by atomic mass is 16.5. The van der Waals surface area contributed by atoms with E-state index < -0.39 is 7.12 Å². The number of hydrogen-bond acceptors (Lipinski definition) is 5. The Morgan fingerprint density at radius 3 is 2.67 bits per heavy atom. The van der Waals surface area contributed by atoms with Crippen LogP contribution in [0, 0.1) is 0 Å². The predicted octanol–water partition coefficient (Wildman–Crippen LogP) is -1.65. The summed E-state index contributed by atoms with van der Waals surface area (Å²) in [6.45, 7) is 0. The lowest BCUT2D eigenvalue weighted by Crippen LogP contribution is -2.34. The molecule has 0 radical (unpaired) electrons. The number of ether oxygens (including phenoxy) is 1. The van der Waals surface area contributed by atoms with Crippen molar-refractivity contribution < 1.29 is 14.8 Å². The average Bonchev–Trinajstić information content (AvgIpc) is 2.03. The molecule has 0 spiro atoms. The normalized spacial score (nSPS) is 9.58. The zero-order valence-electron chi connectivity index (χ0n) is 6.56. The molecule has 64 valence electrons. The van der Waals surface area contributed by atoms with Crippen LogP contribution < -0.4 is 15.9 Å². The van der Waals surface area contributed by atoms with Crippen LogP contribution in [-0.2, 0) is 0 Å². The molecular weight excluding hydrogens is 159 g/mol. The molecule has 0 bridgehead atoms. The highest BCUT2D eigenvalue weighted by Gasteiger charge is 2.20. The van der Waals surface area contributed by atoms with E-state index in [1.165, 1.54) is 19.4 Å². The van der Waals surface area contributed by atoms with E-state index in [1.54, 1.807) is 0 Å². The lowest BCUT2D eigenvalue weighted by atomic mass is 9.80. The van der Waals surface area contributed by atoms with E-state index in [4.69, 9.17) is 20.5 Å². The molecule has 1 heterocycles. The Bertz CT molecular complexity index is 279. The molecule has 0 unspecified atom stereocenters. The Morgan fingerprint density at radius 2 is 2.25 bits per heavy atom. The first kappa shape index (κ1) is 8.83. The van der Waals surface area contributed by atoms with Crippen LogP contribution >= 0.6 is 0 Å². The molecule has 12 heavy (non-hydrogen) atoms. The first-order chi connectivity index (χ1) is 5.66. The summed E-state index contributed by atoms with van der Waals surface area (Å²) in [6.07, 6.45) is 1.43. The van der Waals surface area contributed by atoms with Gasteiger partial charge in [0.1, 0.15) is 11.6 Å². The van der Waals surface area contributed by atoms with Crippen molar-refractivity contribution in [1.29, 1.82) is 0 Å². The van der Waals surface area contributed by atoms with Gasteiger partial charge >= 0.3 is 7.12 Å². The van der Waals surface area contributed by atoms with Crippen molar-refractivity contribution in [1.82, 2.24) is 4.98 Å². The fourth-order valence-corrected chi connectivity index (χ4v) is 0.908. The van der Waals surface area contributed by atoms with Gasteiger partial charge in [0.05, 0.1) is 12.6 Å². The number of aromatic nitrogens is 1. The van der Waals surface area contributed by atoms with Crippen LogP contribution in [0.4, 0.5) is 5.82 Å². The molecule has 0 aliphatic heterocycles. The smallest absolute Gasteiger partial charge is 0.496 e. The Labute approximate surface area is 70.0 Å². The monoisotopic (exact) mass is 168 g/mol. The molecule has 1 aromatic rings. The molecule has 0 atom stereocenters. The second-order valence-electron chi connectivity index (χ2n) is 2.19. The third-order valence-corrected chi connectivity index (χ3v) is 1.46. The number of methoxy groups -OCH3 is 1. The van der Waals surface area contributed by atoms with Crippen LogP contribution in [0.2, 0.25) is 0 Å². The Kier molecular flexibility index (Phi) is 2.52. The maximum Gasteiger partial charge on any atom is 0.496 e. The van der Waals surface area contributed by atoms with Crippen LogP contribution in [-0.4, -0.2) is 29.3 Å². The van der Waals surface area contributed by atoms with Crippen molar-refractivity contribution in [2.45, 2.75) is 0 Å². The minimum Gasteiger partial charge on any atom is -0.497 e. The molecule has 0 aliphatic rings. The van der Waals surface area contributed by atoms with Gasteiger partial charge in [-0.1, -0.05) is 0 Å². The van der Waals surface area contributed by atoms with Gasteiger partial charge in [-0.05, 0) is 6.07 Å². The fourth-order valence-electron chi connectivity index (χ4n) is 0.908. The maximum absolute atomic E-state index is 8.87. The van der Waals surface area contributed by atoms with Crippen LogP contribution in [0.25, 0.3) is 0 Å². The lowest BCUT2D eigenvalue weighted by molar-refractivity contribution is 0.403. The molecule has 1 aromatic heterocycles. The van der Waals surface area contributed by atoms with Gasteiger partial charge in [0.15, 0.2) is 0 Å². The van der Waals surface area contributed by atoms with Crippen molar-refractivity contribution in [3.05, 3.63) is 12.3 Å². The van der Waals surface area contributed by atoms with Gasteiger partial charge in [0.2, 0.25) is 0 Å². The third-order valence-electron chi connectivity index (χ3n) is 1.46. The molecule has 0 aromatic carbocycles. The van der Waals surface area contributed by atoms with Crippen molar-refractivity contribution >= 4 is 18.4 Å². The van der Waals surface area contributed by atoms with E-state index >= 15 is 0 Å². The van der Waals surface area contributed by atoms with E-state index in [0.717, 1.165) is 0 Å². The number of pyridine rings is 1. The zero-order valence-corrected chi connectivity index (χ0v) is 6.56. The van der Waals surface area contributed by atoms with Gasteiger partial charge < -0.3 is 20.5 Å². The molecule has 0 saturated heterocycles. The lowest BCUT2D eigenvalue weighted by Gasteiger charge is -2.08. The number of hydrogen-bond donors (Lipinski definition) is 3. The van der Waals surface area contributed by atoms with E-state index in [-0.39, 0.29) is 11.3 Å². The van der Waals surface area contributed by atoms with Crippen molar-refractivity contribution in [2.75, 3.05) is 12.8 Å². The number of rotatable bonds is 2. The Hall–Kier alpha value is -1.27. The van der Waals surface area contributed by atoms with Crippen LogP contribution in [0.15, 0.2) is 12.3 Å². The molecule has 0 aliphatic carbocycles. The molecule has 0 saturated carbocycles. The van der Waals surface area contributed by atoms with Crippen molar-refractivity contribution in [3.63, 3.8) is 0 Å². The van der Waals surface area contributed by atoms with Crippen molar-refractivity contribution in [3.8, 4) is 5.75 Å². The summed E-state index contributed by atoms with van der Waals surface area (Å²) in [4.78, 5) is 3.69. The topological polar surface area (TPSA) is 88.6 Å². The van der Waals surface area contributed by atoms with E-state index in [1.807, 2.05) is 0 Å². The second-order valence-corrected chi connectivity index (χ2v) is 2.19. The Balaban J connectivity index is 3.20. The largest absolute Gasteiger partial charge is 0.497 e. The maximum atomic E-state index is 8.87. The first-order valence-electron chi connectivity index (χ1n) is 3.31. The minimum atomic E-state index is -1.66. The van der Waals surface area contributed by atoms with Crippen LogP contribution in [0.3, 0.4) is 0 Å². The summed E-state index contributed by atoms with van der Waals surface area (Å²) in [5.74, 6) is 0.377. The standard InChI is InChI=1S/C6H9BN2O3/c1-12-4-2-3-9-6(8)5(4)7(10)11/h2-3,10-11H,1H3,(H2,8,9). The SMILES string of the molecule is COc1ccnc(N)c1B(O)O. The van der Waals surface area contributed by atoms with E-state index in [0.29, 0.717) is 5.75 Å². The van der Waals surface area contributed by atoms with Gasteiger partial charge in [-0.3, -0.25) is 0 Å². The molecule has 5 nitrogen and oxygen atoms in total. The van der Waals surface area contributed by atoms with Crippen molar-refractivity contribution in [2.24, 2.45) is 0 Å². The molecule has 0 fully saturated rings. The number of anilines is 1. The number of nitrogens with two attached hydrogens (primary N) is 1. The number of nitrogen functional groups attached to an aromatic ring is 1. The average molecular weight is 168 g/mol. The fraction of sp³-hybridized carbons (Fsp3) is 0.167. The summed E-state index contributed by atoms with van der Waals surface area (Å²) in [6, 6.07) is 1.51. The Morgan fingerprint density at radius 1 is 1.58 bits per heavy atom. The highest BCUT2D eigenvalue weighted by Crippen LogP contribution is 2.08. The van der Waals surface area contributed by atoms with Gasteiger partial charge in [0.25, 0.3) is 0 Å². The zero-order chi connectivity index (χ0) is 9.14. The van der Waals surface area contributed by atoms with Gasteiger partial charge in [0, 0.05) is 6.20 Å². The molecule has 1 rings (SSSR count). The summed E-state index contributed by atoms with van der Waals surface area (Å²) in [5, 5.41) is 17.7. The van der Waals surface area contributed by atoms with Gasteiger partial charge in [-0.15, -0.1) is 0 Å². The van der Waals surface area contributed by atoms with Gasteiger partial charge in [-0.2, -0.15) is 0 Å². The van der Waals surface area contributed by atoms with E-state index in [2.05, 4.69) is 4.98 Å². The third kappa shape index (κ3) is 1.49. The van der Waals surface area contributed by atoms with Crippen LogP contribution in [0.1, 0.15) is 0 Å². The number of nitrogens with zero attached hydrogens (tertiary/aromatic N) is 1. The van der Waals surface area contributed by atoms with Crippen LogP contribution in [0.5, 0.6) is 5.75 Å². The highest BCUT2D eigenvalue weighted by molar-refractivity contribution is 6.61. The van der Waals surface area contributed by atoms with Gasteiger partial charge in [-0.25, -0.2) is 4.98 Å². The first-order valence-corrected chi connectivity index (χ1v) is 3.31. The summed E-state index contributed by atoms with van der Waals surface area (Å²) < 4.78 is 4.85. The second kappa shape index (κ2) is 3.42. The quantitative estimate of drug-likeness (QED) is 0.460. The van der Waals surface area contributed by atoms with E-state index in [9.17, 15) is 0 Å². The summed E-state index contributed by atoms with van der Waals surface area (Å²) in [7, 11) is -0.241.